The zero-order chi connectivity index (χ0) is 25.5. The Kier molecular flexibility index (Phi) is 8.81. The number of carbonyl (C=O) groups excluding carboxylic acids is 3. The number of anilines is 2. The lowest BCUT2D eigenvalue weighted by Crippen LogP contribution is -2.37. The molecule has 0 aliphatic carbocycles. The fourth-order valence-corrected chi connectivity index (χ4v) is 3.79. The third-order valence-corrected chi connectivity index (χ3v) is 5.71. The van der Waals surface area contributed by atoms with Gasteiger partial charge in [-0.15, -0.1) is 4.99 Å². The molecule has 34 heavy (non-hydrogen) atoms. The van der Waals surface area contributed by atoms with E-state index in [-0.39, 0.29) is 22.1 Å². The van der Waals surface area contributed by atoms with Crippen molar-refractivity contribution >= 4 is 57.1 Å². The summed E-state index contributed by atoms with van der Waals surface area (Å²) in [4.78, 5) is 37.7. The molecule has 0 aliphatic heterocycles. The molecular weight excluding hydrogens is 492 g/mol. The minimum absolute atomic E-state index is 0.0282. The summed E-state index contributed by atoms with van der Waals surface area (Å²) in [7, 11) is -2.41. The van der Waals surface area contributed by atoms with E-state index in [4.69, 9.17) is 15.8 Å². The van der Waals surface area contributed by atoms with Crippen molar-refractivity contribution in [2.75, 3.05) is 24.9 Å². The first-order valence-corrected chi connectivity index (χ1v) is 11.1. The van der Waals surface area contributed by atoms with Gasteiger partial charge in [-0.2, -0.15) is 8.42 Å². The van der Waals surface area contributed by atoms with Crippen molar-refractivity contribution < 1.29 is 36.5 Å². The topological polar surface area (TPSA) is 161 Å². The third kappa shape index (κ3) is 7.08. The lowest BCUT2D eigenvalue weighted by Gasteiger charge is -2.16. The van der Waals surface area contributed by atoms with Gasteiger partial charge in [-0.1, -0.05) is 17.7 Å². The van der Waals surface area contributed by atoms with Gasteiger partial charge < -0.3 is 24.3 Å². The lowest BCUT2D eigenvalue weighted by molar-refractivity contribution is -0.114. The molecule has 0 radical (unpaired) electrons. The van der Waals surface area contributed by atoms with Gasteiger partial charge in [0, 0.05) is 23.2 Å². The average Bonchev–Trinajstić information content (AvgIpc) is 2.77. The summed E-state index contributed by atoms with van der Waals surface area (Å²) in [6.07, 6.45) is -2.09. The Hall–Kier alpha value is -3.84. The van der Waals surface area contributed by atoms with E-state index in [0.29, 0.717) is 5.56 Å². The first kappa shape index (κ1) is 26.4. The summed E-state index contributed by atoms with van der Waals surface area (Å²) in [6, 6.07) is 8.24. The highest BCUT2D eigenvalue weighted by Gasteiger charge is 2.25. The number of methoxy groups -OCH3 is 2. The Balaban J connectivity index is 2.58. The first-order chi connectivity index (χ1) is 16.0. The summed E-state index contributed by atoms with van der Waals surface area (Å²) in [5, 5.41) is 7.39. The predicted octanol–water partition coefficient (Wildman–Crippen LogP) is 3.26. The molecule has 14 heteroatoms. The quantitative estimate of drug-likeness (QED) is 0.310. The van der Waals surface area contributed by atoms with Gasteiger partial charge >= 0.3 is 22.3 Å². The molecule has 0 fully saturated rings. The standard InChI is InChI=1S/C20H21ClN4O8S/c1-11-14(21)6-5-7-16(11)33-34(29,30)17-10-13(22-12(2)26)8-9-15(17)23-18(24-19(27)31-3)25-20(28)32-4/h5-10H,1-4H3,(H,22,26)(H2,23,24,25,27,28). The van der Waals surface area contributed by atoms with Crippen LogP contribution in [0.5, 0.6) is 5.75 Å². The van der Waals surface area contributed by atoms with Crippen LogP contribution in [0.4, 0.5) is 21.0 Å². The molecule has 0 heterocycles. The van der Waals surface area contributed by atoms with Crippen LogP contribution in [0, 0.1) is 6.92 Å². The Morgan fingerprint density at radius 3 is 2.35 bits per heavy atom. The second-order valence-electron chi connectivity index (χ2n) is 6.46. The van der Waals surface area contributed by atoms with E-state index in [1.165, 1.54) is 31.2 Å². The molecule has 182 valence electrons. The molecule has 2 aromatic rings. The lowest BCUT2D eigenvalue weighted by atomic mass is 10.2. The van der Waals surface area contributed by atoms with Gasteiger partial charge in [0.2, 0.25) is 11.9 Å². The SMILES string of the molecule is COC(=O)N=C(NC(=O)OC)Nc1ccc(NC(C)=O)cc1S(=O)(=O)Oc1cccc(Cl)c1C. The third-order valence-electron chi connectivity index (χ3n) is 4.03. The molecule has 0 saturated heterocycles. The fourth-order valence-electron chi connectivity index (χ4n) is 2.45. The van der Waals surface area contributed by atoms with E-state index >= 15 is 0 Å². The van der Waals surface area contributed by atoms with Gasteiger partial charge in [0.25, 0.3) is 0 Å². The Morgan fingerprint density at radius 2 is 1.74 bits per heavy atom. The van der Waals surface area contributed by atoms with Crippen LogP contribution in [0.1, 0.15) is 12.5 Å². The van der Waals surface area contributed by atoms with Gasteiger partial charge in [0.1, 0.15) is 10.6 Å². The normalized spacial score (nSPS) is 11.3. The minimum Gasteiger partial charge on any atom is -0.453 e. The van der Waals surface area contributed by atoms with Crippen LogP contribution in [-0.4, -0.2) is 46.7 Å². The fraction of sp³-hybridized carbons (Fsp3) is 0.200. The predicted molar refractivity (Wildman–Crippen MR) is 124 cm³/mol. The summed E-state index contributed by atoms with van der Waals surface area (Å²) >= 11 is 6.05. The number of aliphatic imine (C=N–C) groups is 1. The molecule has 2 rings (SSSR count). The van der Waals surface area contributed by atoms with E-state index in [2.05, 4.69) is 30.4 Å². The molecule has 0 saturated carbocycles. The summed E-state index contributed by atoms with van der Waals surface area (Å²) in [6.45, 7) is 2.81. The maximum atomic E-state index is 13.2. The van der Waals surface area contributed by atoms with Crippen molar-refractivity contribution in [3.05, 3.63) is 47.0 Å². The number of rotatable bonds is 5. The van der Waals surface area contributed by atoms with Crippen LogP contribution < -0.4 is 20.1 Å². The van der Waals surface area contributed by atoms with Crippen LogP contribution in [-0.2, 0) is 24.4 Å². The second kappa shape index (κ2) is 11.3. The van der Waals surface area contributed by atoms with Crippen molar-refractivity contribution in [2.45, 2.75) is 18.7 Å². The maximum Gasteiger partial charge on any atom is 0.436 e. The smallest absolute Gasteiger partial charge is 0.436 e. The van der Waals surface area contributed by atoms with Crippen LogP contribution in [0.25, 0.3) is 0 Å². The first-order valence-electron chi connectivity index (χ1n) is 9.36. The van der Waals surface area contributed by atoms with Gasteiger partial charge in [-0.25, -0.2) is 9.59 Å². The number of ether oxygens (including phenoxy) is 2. The summed E-state index contributed by atoms with van der Waals surface area (Å²) in [5.41, 5.74) is 0.351. The zero-order valence-corrected chi connectivity index (χ0v) is 20.0. The molecule has 0 aromatic heterocycles. The highest BCUT2D eigenvalue weighted by molar-refractivity contribution is 7.87. The van der Waals surface area contributed by atoms with Gasteiger partial charge in [-0.3, -0.25) is 10.1 Å². The Labute approximate surface area is 200 Å². The molecule has 12 nitrogen and oxygen atoms in total. The Bertz CT molecular complexity index is 1250. The summed E-state index contributed by atoms with van der Waals surface area (Å²) in [5.74, 6) is -0.975. The highest BCUT2D eigenvalue weighted by atomic mass is 35.5. The van der Waals surface area contributed by atoms with Crippen molar-refractivity contribution in [3.8, 4) is 5.75 Å². The average molecular weight is 513 g/mol. The van der Waals surface area contributed by atoms with Crippen LogP contribution >= 0.6 is 11.6 Å². The maximum absolute atomic E-state index is 13.2. The molecular formula is C20H21ClN4O8S. The Morgan fingerprint density at radius 1 is 1.03 bits per heavy atom. The molecule has 0 aliphatic rings. The van der Waals surface area contributed by atoms with E-state index in [1.807, 2.05) is 0 Å². The minimum atomic E-state index is -4.54. The molecule has 0 spiro atoms. The van der Waals surface area contributed by atoms with Crippen molar-refractivity contribution in [2.24, 2.45) is 4.99 Å². The van der Waals surface area contributed by atoms with Crippen LogP contribution in [0.3, 0.4) is 0 Å². The van der Waals surface area contributed by atoms with Crippen molar-refractivity contribution in [1.29, 1.82) is 0 Å². The molecule has 0 atom stereocenters. The molecule has 3 amide bonds. The van der Waals surface area contributed by atoms with Crippen molar-refractivity contribution in [1.82, 2.24) is 5.32 Å². The number of benzene rings is 2. The number of hydrogen-bond donors (Lipinski definition) is 3. The van der Waals surface area contributed by atoms with Gasteiger partial charge in [0.05, 0.1) is 19.9 Å². The van der Waals surface area contributed by atoms with Crippen LogP contribution in [0.2, 0.25) is 5.02 Å². The zero-order valence-electron chi connectivity index (χ0n) is 18.5. The summed E-state index contributed by atoms with van der Waals surface area (Å²) < 4.78 is 40.6. The van der Waals surface area contributed by atoms with Crippen molar-refractivity contribution in [3.63, 3.8) is 0 Å². The molecule has 3 N–H and O–H groups in total. The largest absolute Gasteiger partial charge is 0.453 e. The van der Waals surface area contributed by atoms with E-state index in [9.17, 15) is 22.8 Å². The number of guanidine groups is 1. The number of nitrogens with zero attached hydrogens (tertiary/aromatic N) is 1. The van der Waals surface area contributed by atoms with E-state index < -0.39 is 39.1 Å². The number of amides is 3. The second-order valence-corrected chi connectivity index (χ2v) is 8.39. The number of hydrogen-bond acceptors (Lipinski definition) is 8. The van der Waals surface area contributed by atoms with E-state index in [0.717, 1.165) is 20.3 Å². The monoisotopic (exact) mass is 512 g/mol. The van der Waals surface area contributed by atoms with Gasteiger partial charge in [-0.05, 0) is 37.3 Å². The number of alkyl carbamates (subject to hydrolysis) is 1. The highest BCUT2D eigenvalue weighted by Crippen LogP contribution is 2.31. The molecule has 0 unspecified atom stereocenters. The number of halogens is 1. The molecule has 0 bridgehead atoms. The molecule has 2 aromatic carbocycles. The van der Waals surface area contributed by atoms with Gasteiger partial charge in [0.15, 0.2) is 0 Å². The number of carbonyl (C=O) groups is 3. The van der Waals surface area contributed by atoms with E-state index in [1.54, 1.807) is 13.0 Å². The van der Waals surface area contributed by atoms with Crippen LogP contribution in [0.15, 0.2) is 46.3 Å². The number of nitrogens with one attached hydrogen (secondary N) is 3.